The Morgan fingerprint density at radius 3 is 2.73 bits per heavy atom. The third-order valence-corrected chi connectivity index (χ3v) is 6.77. The van der Waals surface area contributed by atoms with Gasteiger partial charge in [-0.1, -0.05) is 39.3 Å². The fourth-order valence-corrected chi connectivity index (χ4v) is 4.90. The van der Waals surface area contributed by atoms with Gasteiger partial charge in [0.05, 0.1) is 5.41 Å². The maximum atomic E-state index is 12.1. The third-order valence-electron chi connectivity index (χ3n) is 6.77. The molecule has 0 radical (unpaired) electrons. The van der Waals surface area contributed by atoms with Gasteiger partial charge in [-0.3, -0.25) is 4.79 Å². The molecule has 1 saturated carbocycles. The maximum Gasteiger partial charge on any atom is 0.313 e. The normalized spacial score (nSPS) is 39.3. The molecule has 126 valence electrons. The van der Waals surface area contributed by atoms with Crippen molar-refractivity contribution in [3.05, 3.63) is 12.2 Å². The molecule has 0 aromatic rings. The second kappa shape index (κ2) is 6.74. The van der Waals surface area contributed by atoms with Crippen molar-refractivity contribution >= 4 is 5.97 Å². The number of carboxylic acids is 1. The fourth-order valence-electron chi connectivity index (χ4n) is 4.90. The van der Waals surface area contributed by atoms with Crippen molar-refractivity contribution < 1.29 is 15.0 Å². The quantitative estimate of drug-likeness (QED) is 0.721. The molecular formula is C19H32O3. The van der Waals surface area contributed by atoms with Crippen LogP contribution in [0.15, 0.2) is 12.2 Å². The van der Waals surface area contributed by atoms with E-state index in [1.54, 1.807) is 0 Å². The average molecular weight is 308 g/mol. The Kier molecular flexibility index (Phi) is 5.37. The number of hydrogen-bond donors (Lipinski definition) is 2. The largest absolute Gasteiger partial charge is 0.481 e. The highest BCUT2D eigenvalue weighted by atomic mass is 16.4. The molecule has 5 atom stereocenters. The summed E-state index contributed by atoms with van der Waals surface area (Å²) in [7, 11) is 0. The second-order valence-electron chi connectivity index (χ2n) is 7.98. The second-order valence-corrected chi connectivity index (χ2v) is 7.98. The maximum absolute atomic E-state index is 12.1. The molecule has 1 fully saturated rings. The van der Waals surface area contributed by atoms with E-state index in [-0.39, 0.29) is 17.9 Å². The van der Waals surface area contributed by atoms with Crippen LogP contribution in [0.5, 0.6) is 0 Å². The Morgan fingerprint density at radius 1 is 1.36 bits per heavy atom. The van der Waals surface area contributed by atoms with E-state index in [0.717, 1.165) is 44.9 Å². The number of hydrogen-bond acceptors (Lipinski definition) is 2. The first-order chi connectivity index (χ1) is 10.4. The fraction of sp³-hybridized carbons (Fsp3) is 0.842. The van der Waals surface area contributed by atoms with Gasteiger partial charge >= 0.3 is 5.97 Å². The van der Waals surface area contributed by atoms with E-state index >= 15 is 0 Å². The average Bonchev–Trinajstić information content (AvgIpc) is 2.50. The summed E-state index contributed by atoms with van der Waals surface area (Å²) in [5.41, 5.74) is -0.551. The summed E-state index contributed by atoms with van der Waals surface area (Å²) >= 11 is 0. The molecular weight excluding hydrogens is 276 g/mol. The van der Waals surface area contributed by atoms with E-state index in [1.165, 1.54) is 0 Å². The van der Waals surface area contributed by atoms with Crippen LogP contribution in [0.25, 0.3) is 0 Å². The Morgan fingerprint density at radius 2 is 2.09 bits per heavy atom. The number of fused-ring (bicyclic) bond motifs is 1. The predicted octanol–water partition coefficient (Wildman–Crippen LogP) is 4.26. The number of aliphatic hydroxyl groups is 1. The minimum Gasteiger partial charge on any atom is -0.481 e. The Labute approximate surface area is 134 Å². The van der Waals surface area contributed by atoms with Crippen LogP contribution < -0.4 is 0 Å². The highest BCUT2D eigenvalue weighted by molar-refractivity contribution is 5.78. The smallest absolute Gasteiger partial charge is 0.313 e. The minimum absolute atomic E-state index is 0.0884. The van der Waals surface area contributed by atoms with Crippen LogP contribution in [0.3, 0.4) is 0 Å². The molecule has 5 unspecified atom stereocenters. The van der Waals surface area contributed by atoms with E-state index < -0.39 is 11.4 Å². The van der Waals surface area contributed by atoms with E-state index in [0.29, 0.717) is 11.8 Å². The van der Waals surface area contributed by atoms with E-state index in [4.69, 9.17) is 5.11 Å². The van der Waals surface area contributed by atoms with Gasteiger partial charge in [0.15, 0.2) is 0 Å². The standard InChI is InChI=1S/C19H32O3/c1-14(9-13-20)7-11-18(3)15(2)8-12-19(17(21)22)10-5-4-6-16(18)19/h5,10,14-16,20H,4,6-9,11-13H2,1-3H3,(H,21,22). The molecule has 3 nitrogen and oxygen atoms in total. The molecule has 0 bridgehead atoms. The SMILES string of the molecule is CC(CCO)CCC1(C)C(C)CCC2(C(=O)O)C=CCCC21. The molecule has 0 spiro atoms. The van der Waals surface area contributed by atoms with Crippen LogP contribution >= 0.6 is 0 Å². The van der Waals surface area contributed by atoms with Gasteiger partial charge in [-0.15, -0.1) is 0 Å². The molecule has 0 amide bonds. The molecule has 2 N–H and O–H groups in total. The summed E-state index contributed by atoms with van der Waals surface area (Å²) in [6.45, 7) is 7.07. The summed E-state index contributed by atoms with van der Waals surface area (Å²) in [6.07, 6.45) is 10.9. The Bertz CT molecular complexity index is 430. The third kappa shape index (κ3) is 2.97. The van der Waals surface area contributed by atoms with Crippen molar-refractivity contribution in [2.45, 2.75) is 65.7 Å². The van der Waals surface area contributed by atoms with E-state index in [2.05, 4.69) is 26.8 Å². The molecule has 2 rings (SSSR count). The highest BCUT2D eigenvalue weighted by Crippen LogP contribution is 2.60. The van der Waals surface area contributed by atoms with Gasteiger partial charge in [-0.2, -0.15) is 0 Å². The number of carbonyl (C=O) groups is 1. The van der Waals surface area contributed by atoms with Gasteiger partial charge < -0.3 is 10.2 Å². The number of carboxylic acid groups (broad SMARTS) is 1. The van der Waals surface area contributed by atoms with Crippen molar-refractivity contribution in [3.63, 3.8) is 0 Å². The summed E-state index contributed by atoms with van der Waals surface area (Å²) in [6, 6.07) is 0. The number of allylic oxidation sites excluding steroid dienone is 1. The zero-order valence-corrected chi connectivity index (χ0v) is 14.3. The molecule has 0 heterocycles. The first-order valence-electron chi connectivity index (χ1n) is 8.89. The monoisotopic (exact) mass is 308 g/mol. The van der Waals surface area contributed by atoms with Crippen LogP contribution in [0.2, 0.25) is 0 Å². The number of rotatable bonds is 6. The topological polar surface area (TPSA) is 57.5 Å². The lowest BCUT2D eigenvalue weighted by atomic mass is 9.48. The zero-order valence-electron chi connectivity index (χ0n) is 14.3. The van der Waals surface area contributed by atoms with Gasteiger partial charge in [-0.25, -0.2) is 0 Å². The van der Waals surface area contributed by atoms with Crippen LogP contribution in [-0.2, 0) is 4.79 Å². The van der Waals surface area contributed by atoms with Crippen LogP contribution in [-0.4, -0.2) is 22.8 Å². The molecule has 0 aromatic carbocycles. The Balaban J connectivity index is 2.23. The summed E-state index contributed by atoms with van der Waals surface area (Å²) in [4.78, 5) is 12.1. The van der Waals surface area contributed by atoms with E-state index in [1.807, 2.05) is 6.08 Å². The minimum atomic E-state index is -0.639. The summed E-state index contributed by atoms with van der Waals surface area (Å²) in [5, 5.41) is 19.0. The van der Waals surface area contributed by atoms with Crippen molar-refractivity contribution in [1.29, 1.82) is 0 Å². The molecule has 0 aliphatic heterocycles. The molecule has 2 aliphatic carbocycles. The van der Waals surface area contributed by atoms with Crippen LogP contribution in [0.1, 0.15) is 65.7 Å². The van der Waals surface area contributed by atoms with Gasteiger partial charge in [0.25, 0.3) is 0 Å². The van der Waals surface area contributed by atoms with Crippen molar-refractivity contribution in [1.82, 2.24) is 0 Å². The van der Waals surface area contributed by atoms with Crippen molar-refractivity contribution in [2.75, 3.05) is 6.61 Å². The number of aliphatic carboxylic acids is 1. The van der Waals surface area contributed by atoms with Gasteiger partial charge in [-0.05, 0) is 61.7 Å². The van der Waals surface area contributed by atoms with Gasteiger partial charge in [0.1, 0.15) is 0 Å². The Hall–Kier alpha value is -0.830. The molecule has 22 heavy (non-hydrogen) atoms. The summed E-state index contributed by atoms with van der Waals surface area (Å²) in [5.74, 6) is 0.690. The van der Waals surface area contributed by atoms with Crippen LogP contribution in [0, 0.1) is 28.6 Å². The number of aliphatic hydroxyl groups excluding tert-OH is 1. The molecule has 3 heteroatoms. The predicted molar refractivity (Wildman–Crippen MR) is 88.5 cm³/mol. The lowest BCUT2D eigenvalue weighted by molar-refractivity contribution is -0.160. The lowest BCUT2D eigenvalue weighted by Crippen LogP contribution is -2.53. The molecule has 2 aliphatic rings. The molecule has 0 aromatic heterocycles. The summed E-state index contributed by atoms with van der Waals surface area (Å²) < 4.78 is 0. The first kappa shape index (κ1) is 17.5. The zero-order chi connectivity index (χ0) is 16.4. The lowest BCUT2D eigenvalue weighted by Gasteiger charge is -2.55. The van der Waals surface area contributed by atoms with Gasteiger partial charge in [0, 0.05) is 6.61 Å². The van der Waals surface area contributed by atoms with Crippen molar-refractivity contribution in [2.24, 2.45) is 28.6 Å². The van der Waals surface area contributed by atoms with Gasteiger partial charge in [0.2, 0.25) is 0 Å². The molecule has 0 saturated heterocycles. The highest BCUT2D eigenvalue weighted by Gasteiger charge is 2.57. The van der Waals surface area contributed by atoms with E-state index in [9.17, 15) is 9.90 Å². The van der Waals surface area contributed by atoms with Crippen LogP contribution in [0.4, 0.5) is 0 Å². The first-order valence-corrected chi connectivity index (χ1v) is 8.89. The van der Waals surface area contributed by atoms with Crippen molar-refractivity contribution in [3.8, 4) is 0 Å².